The molecule has 0 bridgehead atoms. The summed E-state index contributed by atoms with van der Waals surface area (Å²) in [6.45, 7) is 18.3. The quantitative estimate of drug-likeness (QED) is 0.480. The standard InChI is InChI=1S/C29H38N2O.C2H6.CH2O/c1-7-28(5)13-12-27(3,4)24-17-23(20(2)16-25(24)28)29(14-15-29)22-10-8-21(9-11-22)19-31(6)26(32)18-30;2*1-2/h8-13,16-17H,7,14-15,18-19,30H2,1-6H3;1-2H3;1H2. The van der Waals surface area contributed by atoms with Crippen LogP contribution in [0.15, 0.2) is 48.6 Å². The van der Waals surface area contributed by atoms with Crippen LogP contribution in [0.4, 0.5) is 0 Å². The number of amides is 1. The van der Waals surface area contributed by atoms with Crippen molar-refractivity contribution in [2.45, 2.75) is 90.5 Å². The molecule has 0 aromatic heterocycles. The van der Waals surface area contributed by atoms with Crippen molar-refractivity contribution in [3.05, 3.63) is 81.9 Å². The highest BCUT2D eigenvalue weighted by Gasteiger charge is 2.48. The fraction of sp³-hybridized carbons (Fsp3) is 0.500. The molecule has 0 aliphatic heterocycles. The summed E-state index contributed by atoms with van der Waals surface area (Å²) >= 11 is 0. The van der Waals surface area contributed by atoms with Crippen LogP contribution in [-0.2, 0) is 32.4 Å². The van der Waals surface area contributed by atoms with Gasteiger partial charge in [-0.05, 0) is 59.6 Å². The molecule has 1 saturated carbocycles. The van der Waals surface area contributed by atoms with E-state index in [1.165, 1.54) is 40.7 Å². The highest BCUT2D eigenvalue weighted by molar-refractivity contribution is 5.77. The highest BCUT2D eigenvalue weighted by Crippen LogP contribution is 2.56. The molecular weight excluding hydrogens is 444 g/mol. The monoisotopic (exact) mass is 490 g/mol. The zero-order valence-electron chi connectivity index (χ0n) is 23.7. The van der Waals surface area contributed by atoms with E-state index in [0.29, 0.717) is 6.54 Å². The number of allylic oxidation sites excluding steroid dienone is 2. The lowest BCUT2D eigenvalue weighted by Gasteiger charge is -2.40. The molecule has 1 atom stereocenters. The molecule has 1 amide bonds. The Bertz CT molecular complexity index is 1080. The Kier molecular flexibility index (Phi) is 9.47. The van der Waals surface area contributed by atoms with E-state index in [-0.39, 0.29) is 28.7 Å². The number of fused-ring (bicyclic) bond motifs is 1. The van der Waals surface area contributed by atoms with Gasteiger partial charge in [0.05, 0.1) is 6.54 Å². The van der Waals surface area contributed by atoms with Gasteiger partial charge in [-0.15, -0.1) is 0 Å². The number of carbonyl (C=O) groups excluding carboxylic acids is 2. The van der Waals surface area contributed by atoms with Gasteiger partial charge in [0.1, 0.15) is 6.79 Å². The summed E-state index contributed by atoms with van der Waals surface area (Å²) in [6.07, 6.45) is 8.33. The molecule has 4 rings (SSSR count). The summed E-state index contributed by atoms with van der Waals surface area (Å²) in [5, 5.41) is 0. The minimum atomic E-state index is -0.0341. The Labute approximate surface area is 219 Å². The lowest BCUT2D eigenvalue weighted by atomic mass is 9.64. The first-order chi connectivity index (χ1) is 17.1. The van der Waals surface area contributed by atoms with Crippen molar-refractivity contribution in [1.29, 1.82) is 0 Å². The molecule has 1 unspecified atom stereocenters. The molecule has 2 aliphatic carbocycles. The maximum absolute atomic E-state index is 11.8. The fourth-order valence-electron chi connectivity index (χ4n) is 5.39. The topological polar surface area (TPSA) is 63.4 Å². The van der Waals surface area contributed by atoms with E-state index >= 15 is 0 Å². The summed E-state index contributed by atoms with van der Waals surface area (Å²) < 4.78 is 0. The number of hydrogen-bond donors (Lipinski definition) is 1. The second-order valence-electron chi connectivity index (χ2n) is 10.8. The lowest BCUT2D eigenvalue weighted by Crippen LogP contribution is -2.32. The van der Waals surface area contributed by atoms with Crippen molar-refractivity contribution in [2.24, 2.45) is 5.73 Å². The van der Waals surface area contributed by atoms with Crippen molar-refractivity contribution in [1.82, 2.24) is 4.90 Å². The van der Waals surface area contributed by atoms with Crippen LogP contribution >= 0.6 is 0 Å². The molecule has 2 aromatic carbocycles. The summed E-state index contributed by atoms with van der Waals surface area (Å²) in [4.78, 5) is 21.5. The third kappa shape index (κ3) is 5.49. The first-order valence-corrected chi connectivity index (χ1v) is 13.2. The van der Waals surface area contributed by atoms with Gasteiger partial charge in [0, 0.05) is 29.8 Å². The summed E-state index contributed by atoms with van der Waals surface area (Å²) in [5.74, 6) is -0.0341. The molecule has 0 radical (unpaired) electrons. The smallest absolute Gasteiger partial charge is 0.236 e. The molecular formula is C32H46N2O2. The highest BCUT2D eigenvalue weighted by atomic mass is 16.2. The Morgan fingerprint density at radius 3 is 2.06 bits per heavy atom. The first-order valence-electron chi connectivity index (χ1n) is 13.2. The van der Waals surface area contributed by atoms with Crippen molar-refractivity contribution in [2.75, 3.05) is 13.6 Å². The third-order valence-electron chi connectivity index (χ3n) is 8.07. The van der Waals surface area contributed by atoms with E-state index in [0.717, 1.165) is 12.0 Å². The number of hydrogen-bond acceptors (Lipinski definition) is 3. The van der Waals surface area contributed by atoms with Crippen LogP contribution in [0.1, 0.15) is 94.2 Å². The van der Waals surface area contributed by atoms with E-state index in [4.69, 9.17) is 10.5 Å². The van der Waals surface area contributed by atoms with Crippen molar-refractivity contribution in [3.63, 3.8) is 0 Å². The predicted octanol–water partition coefficient (Wildman–Crippen LogP) is 6.35. The second-order valence-corrected chi connectivity index (χ2v) is 10.8. The molecule has 2 aromatic rings. The SMILES string of the molecule is C=O.CC.CCC1(C)C=CC(C)(C)c2cc(C3(c4ccc(CN(C)C(=O)CN)cc4)CC3)c(C)cc21. The van der Waals surface area contributed by atoms with Gasteiger partial charge in [0.15, 0.2) is 0 Å². The number of aryl methyl sites for hydroxylation is 1. The fourth-order valence-corrected chi connectivity index (χ4v) is 5.39. The van der Waals surface area contributed by atoms with Crippen LogP contribution < -0.4 is 5.73 Å². The molecule has 2 N–H and O–H groups in total. The lowest BCUT2D eigenvalue weighted by molar-refractivity contribution is -0.128. The van der Waals surface area contributed by atoms with Gasteiger partial charge in [-0.25, -0.2) is 0 Å². The van der Waals surface area contributed by atoms with E-state index in [1.807, 2.05) is 27.7 Å². The van der Waals surface area contributed by atoms with Crippen molar-refractivity contribution in [3.8, 4) is 0 Å². The molecule has 2 aliphatic rings. The van der Waals surface area contributed by atoms with Crippen LogP contribution in [-0.4, -0.2) is 31.2 Å². The van der Waals surface area contributed by atoms with Crippen LogP contribution in [0.25, 0.3) is 0 Å². The summed E-state index contributed by atoms with van der Waals surface area (Å²) in [7, 11) is 1.81. The molecule has 196 valence electrons. The van der Waals surface area contributed by atoms with Gasteiger partial charge in [0.2, 0.25) is 5.91 Å². The largest absolute Gasteiger partial charge is 0.340 e. The molecule has 1 fully saturated rings. The molecule has 0 saturated heterocycles. The number of benzene rings is 2. The number of carbonyl (C=O) groups is 2. The molecule has 36 heavy (non-hydrogen) atoms. The Morgan fingerprint density at radius 1 is 0.972 bits per heavy atom. The minimum Gasteiger partial charge on any atom is -0.340 e. The maximum atomic E-state index is 11.8. The number of rotatable bonds is 6. The number of nitrogens with two attached hydrogens (primary N) is 1. The van der Waals surface area contributed by atoms with Gasteiger partial charge < -0.3 is 15.4 Å². The molecule has 4 heteroatoms. The number of likely N-dealkylation sites (N-methyl/N-ethyl adjacent to an activating group) is 1. The van der Waals surface area contributed by atoms with Gasteiger partial charge in [-0.2, -0.15) is 0 Å². The van der Waals surface area contributed by atoms with Crippen LogP contribution in [0.3, 0.4) is 0 Å². The Balaban J connectivity index is 0.00000109. The Morgan fingerprint density at radius 2 is 1.56 bits per heavy atom. The van der Waals surface area contributed by atoms with E-state index < -0.39 is 0 Å². The minimum absolute atomic E-state index is 0.0341. The Hall–Kier alpha value is -2.72. The summed E-state index contributed by atoms with van der Waals surface area (Å²) in [6, 6.07) is 13.9. The second kappa shape index (κ2) is 11.6. The van der Waals surface area contributed by atoms with Gasteiger partial charge in [-0.3, -0.25) is 4.79 Å². The first kappa shape index (κ1) is 29.5. The molecule has 0 heterocycles. The van der Waals surface area contributed by atoms with E-state index in [2.05, 4.69) is 83.2 Å². The van der Waals surface area contributed by atoms with Gasteiger partial charge in [0.25, 0.3) is 0 Å². The van der Waals surface area contributed by atoms with Crippen molar-refractivity contribution < 1.29 is 9.59 Å². The maximum Gasteiger partial charge on any atom is 0.236 e. The van der Waals surface area contributed by atoms with Crippen LogP contribution in [0.2, 0.25) is 0 Å². The average Bonchev–Trinajstić information content (AvgIpc) is 3.70. The summed E-state index contributed by atoms with van der Waals surface area (Å²) in [5.41, 5.74) is 14.2. The zero-order valence-corrected chi connectivity index (χ0v) is 23.7. The number of nitrogens with zero attached hydrogens (tertiary/aromatic N) is 1. The van der Waals surface area contributed by atoms with Crippen molar-refractivity contribution >= 4 is 12.7 Å². The third-order valence-corrected chi connectivity index (χ3v) is 8.07. The molecule has 0 spiro atoms. The normalized spacial score (nSPS) is 20.1. The zero-order chi connectivity index (χ0) is 27.3. The van der Waals surface area contributed by atoms with Crippen LogP contribution in [0, 0.1) is 6.92 Å². The van der Waals surface area contributed by atoms with Gasteiger partial charge >= 0.3 is 0 Å². The van der Waals surface area contributed by atoms with Gasteiger partial charge in [-0.1, -0.05) is 90.1 Å². The predicted molar refractivity (Wildman–Crippen MR) is 151 cm³/mol. The van der Waals surface area contributed by atoms with Crippen LogP contribution in [0.5, 0.6) is 0 Å². The van der Waals surface area contributed by atoms with E-state index in [1.54, 1.807) is 4.90 Å². The average molecular weight is 491 g/mol. The molecule has 4 nitrogen and oxygen atoms in total. The van der Waals surface area contributed by atoms with E-state index in [9.17, 15) is 4.79 Å².